The van der Waals surface area contributed by atoms with Crippen molar-refractivity contribution in [3.63, 3.8) is 0 Å². The molecule has 0 bridgehead atoms. The van der Waals surface area contributed by atoms with E-state index in [0.717, 1.165) is 0 Å². The van der Waals surface area contributed by atoms with Crippen LogP contribution in [0.3, 0.4) is 0 Å². The lowest BCUT2D eigenvalue weighted by Gasteiger charge is -2.18. The molecule has 15 rings (SSSR count). The van der Waals surface area contributed by atoms with Crippen LogP contribution in [0.2, 0.25) is 0 Å². The summed E-state index contributed by atoms with van der Waals surface area (Å²) in [6.45, 7) is 0. The monoisotopic (exact) mass is 664 g/mol. The second kappa shape index (κ2) is 7.61. The van der Waals surface area contributed by atoms with Crippen molar-refractivity contribution < 1.29 is 0 Å². The Morgan fingerprint density at radius 3 is 1.06 bits per heavy atom. The van der Waals surface area contributed by atoms with Gasteiger partial charge in [0.2, 0.25) is 0 Å². The second-order valence-electron chi connectivity index (χ2n) is 14.4. The van der Waals surface area contributed by atoms with Crippen LogP contribution < -0.4 is 0 Å². The first kappa shape index (κ1) is 24.2. The summed E-state index contributed by atoms with van der Waals surface area (Å²) in [6, 6.07) is 37.6. The Bertz CT molecular complexity index is 3680. The van der Waals surface area contributed by atoms with Crippen LogP contribution in [0.1, 0.15) is 0 Å². The Balaban J connectivity index is 1.37. The molecule has 0 saturated carbocycles. The van der Waals surface area contributed by atoms with E-state index in [0.29, 0.717) is 0 Å². The zero-order chi connectivity index (χ0) is 31.7. The van der Waals surface area contributed by atoms with E-state index in [1.165, 1.54) is 141 Å². The van der Waals surface area contributed by atoms with E-state index >= 15 is 0 Å². The Hall–Kier alpha value is -5.94. The normalized spacial score (nSPS) is 13.6. The molecular formula is C46H20N2S2. The van der Waals surface area contributed by atoms with E-state index in [4.69, 9.17) is 0 Å². The fourth-order valence-corrected chi connectivity index (χ4v) is 12.5. The van der Waals surface area contributed by atoms with Gasteiger partial charge in [-0.05, 0) is 78.1 Å². The molecule has 6 aromatic heterocycles. The van der Waals surface area contributed by atoms with E-state index in [9.17, 15) is 0 Å². The van der Waals surface area contributed by atoms with Crippen LogP contribution in [-0.4, -0.2) is 8.80 Å². The zero-order valence-corrected chi connectivity index (χ0v) is 27.9. The van der Waals surface area contributed by atoms with Crippen LogP contribution in [0.25, 0.3) is 141 Å². The van der Waals surface area contributed by atoms with E-state index in [-0.39, 0.29) is 0 Å². The Morgan fingerprint density at radius 2 is 0.620 bits per heavy atom. The molecule has 50 heavy (non-hydrogen) atoms. The van der Waals surface area contributed by atoms with Gasteiger partial charge in [-0.1, -0.05) is 72.8 Å². The molecule has 0 amide bonds. The minimum absolute atomic E-state index is 1.28. The number of aromatic nitrogens is 2. The molecule has 0 saturated heterocycles. The molecule has 0 spiro atoms. The maximum atomic E-state index is 2.62. The summed E-state index contributed by atoms with van der Waals surface area (Å²) in [6.07, 6.45) is 0. The number of pyridine rings is 2. The number of para-hydroxylation sites is 2. The molecule has 9 aromatic carbocycles. The highest BCUT2D eigenvalue weighted by molar-refractivity contribution is 7.10. The molecule has 0 aliphatic heterocycles. The van der Waals surface area contributed by atoms with Crippen LogP contribution in [0.5, 0.6) is 0 Å². The summed E-state index contributed by atoms with van der Waals surface area (Å²) in [7, 11) is 0. The number of hydrogen-bond donors (Lipinski definition) is 0. The fourth-order valence-electron chi connectivity index (χ4n) is 10.8. The van der Waals surface area contributed by atoms with Gasteiger partial charge < -0.3 is 8.80 Å². The van der Waals surface area contributed by atoms with Crippen LogP contribution in [0.4, 0.5) is 0 Å². The SMILES string of the molecule is c1ccc2c(c1)c1c3c4ccc5c6cscc6c6ccc(c4c56)n4c5ccccc5c(c5c6ccc7c8cscc8c8ccc(c6c78)n2c51)c34. The number of rotatable bonds is 0. The third kappa shape index (κ3) is 2.29. The lowest BCUT2D eigenvalue weighted by Crippen LogP contribution is -1.96. The predicted octanol–water partition coefficient (Wildman–Crippen LogP) is 13.9. The molecule has 226 valence electrons. The van der Waals surface area contributed by atoms with Crippen molar-refractivity contribution in [1.82, 2.24) is 8.80 Å². The molecule has 0 unspecified atom stereocenters. The molecule has 0 N–H and O–H groups in total. The lowest BCUT2D eigenvalue weighted by atomic mass is 9.90. The summed E-state index contributed by atoms with van der Waals surface area (Å²) >= 11 is 3.62. The van der Waals surface area contributed by atoms with Crippen molar-refractivity contribution in [3.05, 3.63) is 119 Å². The molecule has 15 aromatic rings. The molecule has 6 heterocycles. The maximum absolute atomic E-state index is 2.62. The number of benzene rings is 7. The molecule has 0 aliphatic carbocycles. The highest BCUT2D eigenvalue weighted by Gasteiger charge is 2.29. The molecule has 0 fully saturated rings. The van der Waals surface area contributed by atoms with Crippen LogP contribution in [0.15, 0.2) is 119 Å². The highest BCUT2D eigenvalue weighted by Crippen LogP contribution is 2.54. The summed E-state index contributed by atoms with van der Waals surface area (Å²) in [5.74, 6) is 0. The fraction of sp³-hybridized carbons (Fsp3) is 0. The van der Waals surface area contributed by atoms with Gasteiger partial charge in [0.25, 0.3) is 0 Å². The van der Waals surface area contributed by atoms with Gasteiger partial charge in [-0.3, -0.25) is 0 Å². The zero-order valence-electron chi connectivity index (χ0n) is 26.3. The summed E-state index contributed by atoms with van der Waals surface area (Å²) in [5, 5.41) is 36.7. The van der Waals surface area contributed by atoms with E-state index in [1.807, 2.05) is 22.7 Å². The summed E-state index contributed by atoms with van der Waals surface area (Å²) in [5.41, 5.74) is 7.82. The van der Waals surface area contributed by atoms with Gasteiger partial charge in [0.1, 0.15) is 0 Å². The Morgan fingerprint density at radius 1 is 0.260 bits per heavy atom. The van der Waals surface area contributed by atoms with Crippen molar-refractivity contribution in [2.75, 3.05) is 0 Å². The highest BCUT2D eigenvalue weighted by atomic mass is 32.1. The quantitative estimate of drug-likeness (QED) is 0.113. The Labute approximate surface area is 289 Å². The van der Waals surface area contributed by atoms with Crippen molar-refractivity contribution in [2.45, 2.75) is 0 Å². The molecule has 0 radical (unpaired) electrons. The first-order chi connectivity index (χ1) is 24.9. The van der Waals surface area contributed by atoms with E-state index < -0.39 is 0 Å². The topological polar surface area (TPSA) is 8.82 Å². The standard InChI is InChI=1S/C46H20N2S2/c1-3-7-33-25(5-1)41-43-27-11-9-21-29-17-49-20-32(29)24-14-16-36(39(27)37(21)24)48-34-8-4-2-6-26(34)42(46(43)48)44-28-12-10-22-30-18-50-19-31(30)23-13-15-35(40(28)38(22)23)47(33)45(41)44/h1-20H. The molecule has 4 heteroatoms. The van der Waals surface area contributed by atoms with Crippen LogP contribution in [-0.2, 0) is 0 Å². The number of thiophene rings is 2. The van der Waals surface area contributed by atoms with Crippen molar-refractivity contribution in [1.29, 1.82) is 0 Å². The molecule has 0 atom stereocenters. The van der Waals surface area contributed by atoms with Crippen LogP contribution >= 0.6 is 22.7 Å². The van der Waals surface area contributed by atoms with Gasteiger partial charge in [0.05, 0.1) is 33.1 Å². The van der Waals surface area contributed by atoms with Gasteiger partial charge >= 0.3 is 0 Å². The van der Waals surface area contributed by atoms with Gasteiger partial charge in [-0.25, -0.2) is 0 Å². The van der Waals surface area contributed by atoms with E-state index in [1.54, 1.807) is 0 Å². The number of hydrogen-bond acceptors (Lipinski definition) is 2. The van der Waals surface area contributed by atoms with Crippen molar-refractivity contribution in [2.24, 2.45) is 0 Å². The largest absolute Gasteiger partial charge is 0.308 e. The third-order valence-corrected chi connectivity index (χ3v) is 14.0. The van der Waals surface area contributed by atoms with Gasteiger partial charge in [-0.2, -0.15) is 22.7 Å². The molecule has 2 nitrogen and oxygen atoms in total. The van der Waals surface area contributed by atoms with E-state index in [2.05, 4.69) is 127 Å². The second-order valence-corrected chi connectivity index (χ2v) is 15.9. The average Bonchev–Trinajstić information content (AvgIpc) is 4.00. The van der Waals surface area contributed by atoms with Gasteiger partial charge in [-0.15, -0.1) is 0 Å². The maximum Gasteiger partial charge on any atom is 0.0634 e. The third-order valence-electron chi connectivity index (χ3n) is 12.5. The predicted molar refractivity (Wildman–Crippen MR) is 219 cm³/mol. The smallest absolute Gasteiger partial charge is 0.0634 e. The number of nitrogens with zero attached hydrogens (tertiary/aromatic N) is 2. The summed E-state index contributed by atoms with van der Waals surface area (Å²) < 4.78 is 5.24. The van der Waals surface area contributed by atoms with Crippen molar-refractivity contribution >= 4 is 163 Å². The van der Waals surface area contributed by atoms with Gasteiger partial charge in [0.15, 0.2) is 0 Å². The van der Waals surface area contributed by atoms with Crippen molar-refractivity contribution in [3.8, 4) is 0 Å². The molecular weight excluding hydrogens is 645 g/mol. The van der Waals surface area contributed by atoms with Crippen LogP contribution in [0, 0.1) is 0 Å². The summed E-state index contributed by atoms with van der Waals surface area (Å²) in [4.78, 5) is 0. The Kier molecular flexibility index (Phi) is 3.69. The lowest BCUT2D eigenvalue weighted by molar-refractivity contribution is 1.35. The molecule has 0 aliphatic rings. The number of fused-ring (bicyclic) bond motifs is 18. The minimum atomic E-state index is 1.28. The van der Waals surface area contributed by atoms with Gasteiger partial charge in [0, 0.05) is 75.4 Å². The average molecular weight is 665 g/mol. The first-order valence-corrected chi connectivity index (χ1v) is 19.1. The minimum Gasteiger partial charge on any atom is -0.308 e. The first-order valence-electron chi connectivity index (χ1n) is 17.2.